The van der Waals surface area contributed by atoms with Crippen molar-refractivity contribution in [3.63, 3.8) is 0 Å². The van der Waals surface area contributed by atoms with Crippen LogP contribution in [0.3, 0.4) is 0 Å². The van der Waals surface area contributed by atoms with Crippen molar-refractivity contribution >= 4 is 0 Å². The van der Waals surface area contributed by atoms with Gasteiger partial charge in [-0.2, -0.15) is 0 Å². The lowest BCUT2D eigenvalue weighted by Crippen LogP contribution is -2.27. The Hall–Kier alpha value is -0.930. The van der Waals surface area contributed by atoms with Gasteiger partial charge in [0.25, 0.3) is 0 Å². The first-order valence-corrected chi connectivity index (χ1v) is 5.91. The highest BCUT2D eigenvalue weighted by molar-refractivity contribution is 5.17. The Morgan fingerprint density at radius 3 is 2.75 bits per heavy atom. The third-order valence-corrected chi connectivity index (χ3v) is 2.34. The fraction of sp³-hybridized carbons (Fsp3) is 0.615. The highest BCUT2D eigenvalue weighted by Gasteiger charge is 2.12. The van der Waals surface area contributed by atoms with Gasteiger partial charge in [-0.05, 0) is 45.0 Å². The summed E-state index contributed by atoms with van der Waals surface area (Å²) in [6, 6.07) is 4.31. The molecular weight excluding hydrogens is 200 g/mol. The Labute approximate surface area is 98.2 Å². The van der Waals surface area contributed by atoms with Crippen LogP contribution >= 0.6 is 0 Å². The summed E-state index contributed by atoms with van der Waals surface area (Å²) in [5, 5.41) is 3.39. The van der Waals surface area contributed by atoms with Crippen LogP contribution in [0.5, 0.6) is 0 Å². The number of aryl methyl sites for hydroxylation is 1. The molecule has 0 aliphatic heterocycles. The molecule has 0 amide bonds. The molecule has 0 aromatic carbocycles. The maximum Gasteiger partial charge on any atom is 0.0732 e. The Morgan fingerprint density at radius 2 is 2.19 bits per heavy atom. The normalized spacial score (nSPS) is 13.1. The average Bonchev–Trinajstić information content (AvgIpc) is 2.24. The van der Waals surface area contributed by atoms with Crippen molar-refractivity contribution in [3.8, 4) is 0 Å². The zero-order chi connectivity index (χ0) is 12.0. The van der Waals surface area contributed by atoms with Gasteiger partial charge in [0.1, 0.15) is 0 Å². The first kappa shape index (κ1) is 13.1. The maximum atomic E-state index is 5.65. The highest BCUT2D eigenvalue weighted by Crippen LogP contribution is 2.12. The van der Waals surface area contributed by atoms with Crippen LogP contribution in [0.15, 0.2) is 18.3 Å². The summed E-state index contributed by atoms with van der Waals surface area (Å²) >= 11 is 0. The second-order valence-electron chi connectivity index (χ2n) is 4.25. The largest absolute Gasteiger partial charge is 0.377 e. The van der Waals surface area contributed by atoms with Gasteiger partial charge in [-0.3, -0.25) is 4.98 Å². The van der Waals surface area contributed by atoms with Crippen molar-refractivity contribution in [1.82, 2.24) is 10.3 Å². The molecule has 0 spiro atoms. The van der Waals surface area contributed by atoms with Crippen LogP contribution in [0.25, 0.3) is 0 Å². The molecule has 0 fully saturated rings. The molecule has 0 saturated heterocycles. The summed E-state index contributed by atoms with van der Waals surface area (Å²) in [7, 11) is 0. The third kappa shape index (κ3) is 4.29. The molecule has 0 aliphatic carbocycles. The predicted molar refractivity (Wildman–Crippen MR) is 66.5 cm³/mol. The number of ether oxygens (including phenoxy) is 1. The molecule has 1 heterocycles. The minimum absolute atomic E-state index is 0.187. The van der Waals surface area contributed by atoms with Crippen LogP contribution in [0, 0.1) is 6.92 Å². The molecule has 3 nitrogen and oxygen atoms in total. The topological polar surface area (TPSA) is 34.1 Å². The van der Waals surface area contributed by atoms with Gasteiger partial charge in [-0.25, -0.2) is 0 Å². The lowest BCUT2D eigenvalue weighted by molar-refractivity contribution is 0.0606. The fourth-order valence-electron chi connectivity index (χ4n) is 1.53. The summed E-state index contributed by atoms with van der Waals surface area (Å²) in [5.41, 5.74) is 2.29. The van der Waals surface area contributed by atoms with Crippen LogP contribution in [-0.4, -0.2) is 24.2 Å². The van der Waals surface area contributed by atoms with E-state index in [9.17, 15) is 0 Å². The number of nitrogens with zero attached hydrogens (tertiary/aromatic N) is 1. The van der Waals surface area contributed by atoms with E-state index >= 15 is 0 Å². The van der Waals surface area contributed by atoms with E-state index in [0.29, 0.717) is 6.61 Å². The van der Waals surface area contributed by atoms with Gasteiger partial charge >= 0.3 is 0 Å². The standard InChI is InChI=1S/C13H22N2O/c1-5-14-13(9-16-10(2)3)12-8-11(4)6-7-15-12/h6-8,10,13-14H,5,9H2,1-4H3. The van der Waals surface area contributed by atoms with E-state index in [0.717, 1.165) is 12.2 Å². The Morgan fingerprint density at radius 1 is 1.44 bits per heavy atom. The summed E-state index contributed by atoms with van der Waals surface area (Å²) < 4.78 is 5.65. The van der Waals surface area contributed by atoms with E-state index in [4.69, 9.17) is 4.74 Å². The molecule has 1 aromatic heterocycles. The Balaban J connectivity index is 2.68. The van der Waals surface area contributed by atoms with Crippen molar-refractivity contribution in [1.29, 1.82) is 0 Å². The smallest absolute Gasteiger partial charge is 0.0732 e. The van der Waals surface area contributed by atoms with Crippen LogP contribution in [0.4, 0.5) is 0 Å². The number of hydrogen-bond acceptors (Lipinski definition) is 3. The summed E-state index contributed by atoms with van der Waals surface area (Å²) in [6.45, 7) is 9.86. The number of aromatic nitrogens is 1. The number of pyridine rings is 1. The van der Waals surface area contributed by atoms with Crippen LogP contribution < -0.4 is 5.32 Å². The molecule has 1 rings (SSSR count). The Bertz CT molecular complexity index is 313. The summed E-state index contributed by atoms with van der Waals surface area (Å²) in [6.07, 6.45) is 2.11. The van der Waals surface area contributed by atoms with E-state index in [-0.39, 0.29) is 12.1 Å². The van der Waals surface area contributed by atoms with Crippen molar-refractivity contribution in [2.24, 2.45) is 0 Å². The lowest BCUT2D eigenvalue weighted by Gasteiger charge is -2.19. The molecule has 1 atom stereocenters. The van der Waals surface area contributed by atoms with Gasteiger partial charge in [-0.1, -0.05) is 6.92 Å². The minimum atomic E-state index is 0.187. The van der Waals surface area contributed by atoms with Gasteiger partial charge in [-0.15, -0.1) is 0 Å². The molecule has 16 heavy (non-hydrogen) atoms. The van der Waals surface area contributed by atoms with Crippen molar-refractivity contribution in [2.75, 3.05) is 13.2 Å². The zero-order valence-electron chi connectivity index (χ0n) is 10.7. The van der Waals surface area contributed by atoms with E-state index in [2.05, 4.69) is 30.2 Å². The quantitative estimate of drug-likeness (QED) is 0.803. The molecule has 1 aromatic rings. The fourth-order valence-corrected chi connectivity index (χ4v) is 1.53. The molecule has 0 saturated carbocycles. The highest BCUT2D eigenvalue weighted by atomic mass is 16.5. The molecular formula is C13H22N2O. The zero-order valence-corrected chi connectivity index (χ0v) is 10.7. The molecule has 1 N–H and O–H groups in total. The first-order valence-electron chi connectivity index (χ1n) is 5.91. The van der Waals surface area contributed by atoms with Crippen LogP contribution in [0.1, 0.15) is 38.1 Å². The predicted octanol–water partition coefficient (Wildman–Crippen LogP) is 2.47. The van der Waals surface area contributed by atoms with Gasteiger partial charge in [0, 0.05) is 6.20 Å². The summed E-state index contributed by atoms with van der Waals surface area (Å²) in [4.78, 5) is 4.39. The first-order chi connectivity index (χ1) is 7.63. The maximum absolute atomic E-state index is 5.65. The average molecular weight is 222 g/mol. The SMILES string of the molecule is CCNC(COC(C)C)c1cc(C)ccn1. The monoisotopic (exact) mass is 222 g/mol. The molecule has 0 aliphatic rings. The third-order valence-electron chi connectivity index (χ3n) is 2.34. The van der Waals surface area contributed by atoms with Gasteiger partial charge < -0.3 is 10.1 Å². The second kappa shape index (κ2) is 6.61. The van der Waals surface area contributed by atoms with E-state index in [1.54, 1.807) is 0 Å². The minimum Gasteiger partial charge on any atom is -0.377 e. The lowest BCUT2D eigenvalue weighted by atomic mass is 10.1. The molecule has 1 unspecified atom stereocenters. The molecule has 3 heteroatoms. The summed E-state index contributed by atoms with van der Waals surface area (Å²) in [5.74, 6) is 0. The van der Waals surface area contributed by atoms with Crippen molar-refractivity contribution in [2.45, 2.75) is 39.8 Å². The van der Waals surface area contributed by atoms with Gasteiger partial charge in [0.15, 0.2) is 0 Å². The molecule has 0 radical (unpaired) electrons. The van der Waals surface area contributed by atoms with E-state index in [1.165, 1.54) is 5.56 Å². The van der Waals surface area contributed by atoms with E-state index in [1.807, 2.05) is 26.1 Å². The molecule has 0 bridgehead atoms. The number of hydrogen-bond donors (Lipinski definition) is 1. The van der Waals surface area contributed by atoms with Crippen LogP contribution in [-0.2, 0) is 4.74 Å². The second-order valence-corrected chi connectivity index (χ2v) is 4.25. The number of nitrogens with one attached hydrogen (secondary N) is 1. The number of rotatable bonds is 6. The van der Waals surface area contributed by atoms with Gasteiger partial charge in [0.2, 0.25) is 0 Å². The van der Waals surface area contributed by atoms with Gasteiger partial charge in [0.05, 0.1) is 24.4 Å². The van der Waals surface area contributed by atoms with Crippen molar-refractivity contribution < 1.29 is 4.74 Å². The van der Waals surface area contributed by atoms with E-state index < -0.39 is 0 Å². The number of likely N-dealkylation sites (N-methyl/N-ethyl adjacent to an activating group) is 1. The van der Waals surface area contributed by atoms with Crippen LogP contribution in [0.2, 0.25) is 0 Å². The van der Waals surface area contributed by atoms with Crippen molar-refractivity contribution in [3.05, 3.63) is 29.6 Å². The molecule has 90 valence electrons. The Kier molecular flexibility index (Phi) is 5.43.